The Morgan fingerprint density at radius 3 is 2.36 bits per heavy atom. The summed E-state index contributed by atoms with van der Waals surface area (Å²) in [6, 6.07) is 8.70. The molecule has 134 valence electrons. The van der Waals surface area contributed by atoms with Gasteiger partial charge in [-0.25, -0.2) is 0 Å². The largest absolute Gasteiger partial charge is 0.508 e. The molecule has 0 aromatic heterocycles. The van der Waals surface area contributed by atoms with Crippen molar-refractivity contribution in [1.29, 1.82) is 0 Å². The normalized spacial score (nSPS) is 20.8. The highest BCUT2D eigenvalue weighted by molar-refractivity contribution is 5.45. The summed E-state index contributed by atoms with van der Waals surface area (Å²) in [5.74, 6) is -0.190. The average Bonchev–Trinajstić information content (AvgIpc) is 2.73. The molecule has 1 unspecified atom stereocenters. The number of phenolic OH excluding ortho intramolecular Hbond substituents is 2. The van der Waals surface area contributed by atoms with Crippen LogP contribution in [-0.2, 0) is 24.4 Å². The molecule has 0 heterocycles. The highest BCUT2D eigenvalue weighted by Crippen LogP contribution is 2.46. The van der Waals surface area contributed by atoms with E-state index in [0.29, 0.717) is 19.3 Å². The van der Waals surface area contributed by atoms with Gasteiger partial charge in [0.05, 0.1) is 5.56 Å². The van der Waals surface area contributed by atoms with Crippen LogP contribution in [0.5, 0.6) is 11.5 Å². The van der Waals surface area contributed by atoms with E-state index in [1.165, 1.54) is 12.1 Å². The Bertz CT molecular complexity index is 783. The summed E-state index contributed by atoms with van der Waals surface area (Å²) in [4.78, 5) is 0. The summed E-state index contributed by atoms with van der Waals surface area (Å²) < 4.78 is 40.8. The van der Waals surface area contributed by atoms with E-state index in [2.05, 4.69) is 0 Å². The molecule has 2 nitrogen and oxygen atoms in total. The Morgan fingerprint density at radius 1 is 1.00 bits per heavy atom. The summed E-state index contributed by atoms with van der Waals surface area (Å²) in [5, 5.41) is 19.3. The molecule has 0 bridgehead atoms. The van der Waals surface area contributed by atoms with Crippen molar-refractivity contribution in [2.75, 3.05) is 0 Å². The van der Waals surface area contributed by atoms with E-state index in [9.17, 15) is 23.4 Å². The van der Waals surface area contributed by atoms with Crippen LogP contribution >= 0.6 is 0 Å². The third-order valence-corrected chi connectivity index (χ3v) is 5.38. The Balaban J connectivity index is 2.15. The van der Waals surface area contributed by atoms with Gasteiger partial charge in [-0.3, -0.25) is 0 Å². The number of alkyl halides is 3. The maximum atomic E-state index is 13.6. The number of hydrogen-bond donors (Lipinski definition) is 2. The number of halogens is 3. The van der Waals surface area contributed by atoms with Gasteiger partial charge in [-0.15, -0.1) is 0 Å². The number of hydrogen-bond acceptors (Lipinski definition) is 2. The number of aryl methyl sites for hydroxylation is 1. The molecule has 0 saturated heterocycles. The van der Waals surface area contributed by atoms with Gasteiger partial charge in [0.25, 0.3) is 0 Å². The van der Waals surface area contributed by atoms with Crippen molar-refractivity contribution in [3.05, 3.63) is 58.7 Å². The molecule has 2 N–H and O–H groups in total. The summed E-state index contributed by atoms with van der Waals surface area (Å²) >= 11 is 0. The molecule has 2 aromatic carbocycles. The minimum atomic E-state index is -4.51. The lowest BCUT2D eigenvalue weighted by atomic mass is 9.69. The number of rotatable bonds is 2. The van der Waals surface area contributed by atoms with Gasteiger partial charge in [-0.05, 0) is 78.5 Å². The van der Waals surface area contributed by atoms with Crippen LogP contribution in [0, 0.1) is 0 Å². The van der Waals surface area contributed by atoms with E-state index in [-0.39, 0.29) is 17.1 Å². The molecule has 0 amide bonds. The lowest BCUT2D eigenvalue weighted by Gasteiger charge is -2.35. The molecule has 25 heavy (non-hydrogen) atoms. The third-order valence-electron chi connectivity index (χ3n) is 5.38. The van der Waals surface area contributed by atoms with Gasteiger partial charge in [0.15, 0.2) is 0 Å². The van der Waals surface area contributed by atoms with Gasteiger partial charge in [-0.1, -0.05) is 19.1 Å². The van der Waals surface area contributed by atoms with Gasteiger partial charge < -0.3 is 10.2 Å². The maximum absolute atomic E-state index is 13.6. The van der Waals surface area contributed by atoms with Crippen molar-refractivity contribution in [3.63, 3.8) is 0 Å². The van der Waals surface area contributed by atoms with Crippen LogP contribution in [0.4, 0.5) is 13.2 Å². The van der Waals surface area contributed by atoms with Crippen LogP contribution in [0.2, 0.25) is 0 Å². The smallest absolute Gasteiger partial charge is 0.416 e. The predicted molar refractivity (Wildman–Crippen MR) is 89.8 cm³/mol. The summed E-state index contributed by atoms with van der Waals surface area (Å²) in [7, 11) is 0. The SMILES string of the molecule is CCC1(c2ccc(O)cc2C(F)(F)F)CCCc2cc(O)ccc2C1. The molecule has 1 atom stereocenters. The topological polar surface area (TPSA) is 40.5 Å². The van der Waals surface area contributed by atoms with Crippen molar-refractivity contribution in [1.82, 2.24) is 0 Å². The van der Waals surface area contributed by atoms with Crippen molar-refractivity contribution in [2.45, 2.75) is 50.6 Å². The molecule has 5 heteroatoms. The summed E-state index contributed by atoms with van der Waals surface area (Å²) in [6.07, 6.45) is -1.32. The lowest BCUT2D eigenvalue weighted by molar-refractivity contribution is -0.139. The molecule has 0 radical (unpaired) electrons. The van der Waals surface area contributed by atoms with Gasteiger partial charge >= 0.3 is 6.18 Å². The van der Waals surface area contributed by atoms with Crippen LogP contribution in [0.1, 0.15) is 48.4 Å². The second-order valence-electron chi connectivity index (χ2n) is 6.84. The predicted octanol–water partition coefficient (Wildman–Crippen LogP) is 5.34. The van der Waals surface area contributed by atoms with Gasteiger partial charge in [-0.2, -0.15) is 13.2 Å². The zero-order chi connectivity index (χ0) is 18.2. The second kappa shape index (κ2) is 6.28. The standard InChI is InChI=1S/C20H21F3O2/c1-2-19(17-8-7-16(25)11-18(17)20(21,22)23)9-3-4-13-10-15(24)6-5-14(13)12-19/h5-8,10-11,24-25H,2-4,9,12H2,1H3. The average molecular weight is 350 g/mol. The zero-order valence-corrected chi connectivity index (χ0v) is 14.0. The summed E-state index contributed by atoms with van der Waals surface area (Å²) in [5.41, 5.74) is 0.847. The van der Waals surface area contributed by atoms with E-state index < -0.39 is 17.2 Å². The third kappa shape index (κ3) is 3.32. The zero-order valence-electron chi connectivity index (χ0n) is 14.0. The van der Waals surface area contributed by atoms with Crippen molar-refractivity contribution < 1.29 is 23.4 Å². The highest BCUT2D eigenvalue weighted by atomic mass is 19.4. The van der Waals surface area contributed by atoms with Crippen LogP contribution < -0.4 is 0 Å². The quantitative estimate of drug-likeness (QED) is 0.718. The van der Waals surface area contributed by atoms with E-state index in [4.69, 9.17) is 0 Å². The number of fused-ring (bicyclic) bond motifs is 1. The van der Waals surface area contributed by atoms with E-state index in [1.54, 1.807) is 12.1 Å². The first-order chi connectivity index (χ1) is 11.7. The van der Waals surface area contributed by atoms with Crippen LogP contribution in [0.3, 0.4) is 0 Å². The molecule has 3 rings (SSSR count). The molecule has 0 spiro atoms. The molecule has 1 aliphatic rings. The number of phenols is 2. The van der Waals surface area contributed by atoms with Gasteiger partial charge in [0, 0.05) is 0 Å². The molecule has 1 aliphatic carbocycles. The van der Waals surface area contributed by atoms with Crippen molar-refractivity contribution in [3.8, 4) is 11.5 Å². The molecule has 0 fully saturated rings. The molecule has 0 aliphatic heterocycles. The molecular weight excluding hydrogens is 329 g/mol. The lowest BCUT2D eigenvalue weighted by Crippen LogP contribution is -2.30. The van der Waals surface area contributed by atoms with Crippen molar-refractivity contribution in [2.24, 2.45) is 0 Å². The van der Waals surface area contributed by atoms with Crippen LogP contribution in [0.15, 0.2) is 36.4 Å². The first-order valence-electron chi connectivity index (χ1n) is 8.47. The number of benzene rings is 2. The summed E-state index contributed by atoms with van der Waals surface area (Å²) in [6.45, 7) is 1.92. The monoisotopic (exact) mass is 350 g/mol. The fourth-order valence-corrected chi connectivity index (χ4v) is 4.04. The van der Waals surface area contributed by atoms with Crippen LogP contribution in [-0.4, -0.2) is 10.2 Å². The Hall–Kier alpha value is -2.17. The molecule has 2 aromatic rings. The van der Waals surface area contributed by atoms with E-state index in [0.717, 1.165) is 30.0 Å². The second-order valence-corrected chi connectivity index (χ2v) is 6.84. The fourth-order valence-electron chi connectivity index (χ4n) is 4.04. The van der Waals surface area contributed by atoms with E-state index in [1.807, 2.05) is 13.0 Å². The minimum absolute atomic E-state index is 0.184. The molecular formula is C20H21F3O2. The first-order valence-corrected chi connectivity index (χ1v) is 8.47. The highest BCUT2D eigenvalue weighted by Gasteiger charge is 2.42. The number of aromatic hydroxyl groups is 2. The fraction of sp³-hybridized carbons (Fsp3) is 0.400. The Kier molecular flexibility index (Phi) is 4.43. The van der Waals surface area contributed by atoms with Crippen LogP contribution in [0.25, 0.3) is 0 Å². The van der Waals surface area contributed by atoms with Gasteiger partial charge in [0.2, 0.25) is 0 Å². The maximum Gasteiger partial charge on any atom is 0.416 e. The molecule has 0 saturated carbocycles. The first kappa shape index (κ1) is 17.6. The Labute approximate surface area is 144 Å². The Morgan fingerprint density at radius 2 is 1.68 bits per heavy atom. The van der Waals surface area contributed by atoms with E-state index >= 15 is 0 Å². The van der Waals surface area contributed by atoms with Crippen molar-refractivity contribution >= 4 is 0 Å². The minimum Gasteiger partial charge on any atom is -0.508 e. The van der Waals surface area contributed by atoms with Gasteiger partial charge in [0.1, 0.15) is 11.5 Å².